The van der Waals surface area contributed by atoms with E-state index >= 15 is 0 Å². The number of nitrogens with one attached hydrogen (secondary N) is 1. The van der Waals surface area contributed by atoms with E-state index in [1.165, 1.54) is 44.1 Å². The Kier molecular flexibility index (Phi) is 4.50. The first-order valence-corrected chi connectivity index (χ1v) is 7.63. The molecule has 2 heteroatoms. The van der Waals surface area contributed by atoms with Crippen LogP contribution in [0.1, 0.15) is 52.4 Å². The quantitative estimate of drug-likeness (QED) is 0.754. The Balaban J connectivity index is 1.74. The molecule has 1 N–H and O–H groups in total. The number of hydrogen-bond acceptors (Lipinski definition) is 2. The maximum Gasteiger partial charge on any atom is 0.0187 e. The predicted molar refractivity (Wildman–Crippen MR) is 78.8 cm³/mol. The molecule has 2 aliphatic carbocycles. The molecule has 0 saturated heterocycles. The van der Waals surface area contributed by atoms with Crippen molar-refractivity contribution in [1.29, 1.82) is 0 Å². The van der Waals surface area contributed by atoms with E-state index in [0.717, 1.165) is 25.2 Å². The molecule has 0 heterocycles. The Morgan fingerprint density at radius 3 is 2.44 bits per heavy atom. The van der Waals surface area contributed by atoms with E-state index in [2.05, 4.69) is 37.7 Å². The van der Waals surface area contributed by atoms with Gasteiger partial charge < -0.3 is 5.32 Å². The molecule has 0 unspecified atom stereocenters. The average Bonchev–Trinajstić information content (AvgIpc) is 2.27. The SMILES string of the molecule is C=C(C)CN(C)C1CCC2(CC1)CC(NCC)C2. The van der Waals surface area contributed by atoms with E-state index in [9.17, 15) is 0 Å². The summed E-state index contributed by atoms with van der Waals surface area (Å²) in [5.74, 6) is 0. The third-order valence-corrected chi connectivity index (χ3v) is 5.01. The van der Waals surface area contributed by atoms with Crippen LogP contribution in [0.25, 0.3) is 0 Å². The fourth-order valence-corrected chi connectivity index (χ4v) is 4.04. The molecule has 18 heavy (non-hydrogen) atoms. The van der Waals surface area contributed by atoms with Crippen LogP contribution in [0.2, 0.25) is 0 Å². The second-order valence-electron chi connectivity index (χ2n) is 6.77. The van der Waals surface area contributed by atoms with Gasteiger partial charge in [-0.1, -0.05) is 19.1 Å². The first-order chi connectivity index (χ1) is 8.54. The van der Waals surface area contributed by atoms with Crippen LogP contribution in [0.3, 0.4) is 0 Å². The summed E-state index contributed by atoms with van der Waals surface area (Å²) in [6, 6.07) is 1.62. The molecular formula is C16H30N2. The number of nitrogens with zero attached hydrogens (tertiary/aromatic N) is 1. The topological polar surface area (TPSA) is 15.3 Å². The van der Waals surface area contributed by atoms with Gasteiger partial charge in [0.05, 0.1) is 0 Å². The Hall–Kier alpha value is -0.340. The maximum absolute atomic E-state index is 4.03. The minimum absolute atomic E-state index is 0.716. The van der Waals surface area contributed by atoms with Gasteiger partial charge >= 0.3 is 0 Å². The van der Waals surface area contributed by atoms with Gasteiger partial charge in [0, 0.05) is 18.6 Å². The lowest BCUT2D eigenvalue weighted by atomic mass is 9.57. The molecule has 1 spiro atoms. The highest BCUT2D eigenvalue weighted by atomic mass is 15.1. The van der Waals surface area contributed by atoms with Crippen molar-refractivity contribution in [2.45, 2.75) is 64.5 Å². The Labute approximate surface area is 113 Å². The van der Waals surface area contributed by atoms with Crippen molar-refractivity contribution in [2.24, 2.45) is 5.41 Å². The van der Waals surface area contributed by atoms with Gasteiger partial charge in [0.25, 0.3) is 0 Å². The summed E-state index contributed by atoms with van der Waals surface area (Å²) in [5, 5.41) is 3.59. The number of hydrogen-bond donors (Lipinski definition) is 1. The molecule has 0 aromatic carbocycles. The molecule has 0 aromatic heterocycles. The largest absolute Gasteiger partial charge is 0.314 e. The van der Waals surface area contributed by atoms with E-state index in [4.69, 9.17) is 0 Å². The molecule has 2 aliphatic rings. The van der Waals surface area contributed by atoms with Crippen molar-refractivity contribution in [3.05, 3.63) is 12.2 Å². The van der Waals surface area contributed by atoms with Crippen molar-refractivity contribution in [3.63, 3.8) is 0 Å². The fraction of sp³-hybridized carbons (Fsp3) is 0.875. The monoisotopic (exact) mass is 250 g/mol. The fourth-order valence-electron chi connectivity index (χ4n) is 4.04. The van der Waals surface area contributed by atoms with Gasteiger partial charge in [-0.25, -0.2) is 0 Å². The van der Waals surface area contributed by atoms with E-state index in [1.807, 2.05) is 0 Å². The van der Waals surface area contributed by atoms with Crippen molar-refractivity contribution in [2.75, 3.05) is 20.1 Å². The van der Waals surface area contributed by atoms with Gasteiger partial charge in [-0.05, 0) is 64.5 Å². The van der Waals surface area contributed by atoms with Gasteiger partial charge in [-0.2, -0.15) is 0 Å². The molecular weight excluding hydrogens is 220 g/mol. The van der Waals surface area contributed by atoms with Crippen LogP contribution in [-0.4, -0.2) is 37.1 Å². The molecule has 2 rings (SSSR count). The number of rotatable bonds is 5. The van der Waals surface area contributed by atoms with Crippen molar-refractivity contribution >= 4 is 0 Å². The molecule has 0 atom stereocenters. The molecule has 104 valence electrons. The number of likely N-dealkylation sites (N-methyl/N-ethyl adjacent to an activating group) is 1. The maximum atomic E-state index is 4.03. The molecule has 0 radical (unpaired) electrons. The normalized spacial score (nSPS) is 35.8. The minimum Gasteiger partial charge on any atom is -0.314 e. The third kappa shape index (κ3) is 3.16. The van der Waals surface area contributed by atoms with E-state index in [1.54, 1.807) is 0 Å². The van der Waals surface area contributed by atoms with E-state index in [0.29, 0.717) is 5.41 Å². The van der Waals surface area contributed by atoms with Crippen LogP contribution in [0.15, 0.2) is 12.2 Å². The first kappa shape index (κ1) is 14.1. The van der Waals surface area contributed by atoms with Crippen LogP contribution in [0.4, 0.5) is 0 Å². The zero-order valence-corrected chi connectivity index (χ0v) is 12.5. The van der Waals surface area contributed by atoms with Crippen LogP contribution in [-0.2, 0) is 0 Å². The standard InChI is InChI=1S/C16H30N2/c1-5-17-14-10-16(11-14)8-6-15(7-9-16)18(4)12-13(2)3/h14-15,17H,2,5-12H2,1,3-4H3. The molecule has 0 bridgehead atoms. The highest BCUT2D eigenvalue weighted by Crippen LogP contribution is 2.52. The third-order valence-electron chi connectivity index (χ3n) is 5.01. The lowest BCUT2D eigenvalue weighted by Gasteiger charge is -2.52. The van der Waals surface area contributed by atoms with Crippen molar-refractivity contribution < 1.29 is 0 Å². The lowest BCUT2D eigenvalue weighted by Crippen LogP contribution is -2.52. The van der Waals surface area contributed by atoms with E-state index < -0.39 is 0 Å². The highest BCUT2D eigenvalue weighted by molar-refractivity contribution is 5.01. The molecule has 2 nitrogen and oxygen atoms in total. The van der Waals surface area contributed by atoms with Gasteiger partial charge in [0.15, 0.2) is 0 Å². The Morgan fingerprint density at radius 2 is 1.94 bits per heavy atom. The van der Waals surface area contributed by atoms with Crippen LogP contribution in [0.5, 0.6) is 0 Å². The second kappa shape index (κ2) is 5.75. The summed E-state index contributed by atoms with van der Waals surface area (Å²) in [4.78, 5) is 2.51. The van der Waals surface area contributed by atoms with Gasteiger partial charge in [-0.15, -0.1) is 0 Å². The second-order valence-corrected chi connectivity index (χ2v) is 6.77. The predicted octanol–water partition coefficient (Wildman–Crippen LogP) is 3.20. The Morgan fingerprint density at radius 1 is 1.33 bits per heavy atom. The van der Waals surface area contributed by atoms with Crippen LogP contribution in [0, 0.1) is 5.41 Å². The molecule has 2 fully saturated rings. The van der Waals surface area contributed by atoms with Gasteiger partial charge in [0.2, 0.25) is 0 Å². The van der Waals surface area contributed by atoms with Gasteiger partial charge in [0.1, 0.15) is 0 Å². The molecule has 0 amide bonds. The van der Waals surface area contributed by atoms with Crippen LogP contribution < -0.4 is 5.32 Å². The summed E-state index contributed by atoms with van der Waals surface area (Å²) in [6.07, 6.45) is 8.53. The zero-order chi connectivity index (χ0) is 13.2. The molecule has 0 aliphatic heterocycles. The van der Waals surface area contributed by atoms with Crippen LogP contribution >= 0.6 is 0 Å². The summed E-state index contributed by atoms with van der Waals surface area (Å²) >= 11 is 0. The summed E-state index contributed by atoms with van der Waals surface area (Å²) in [5.41, 5.74) is 2.00. The Bertz CT molecular complexity index is 281. The molecule has 2 saturated carbocycles. The van der Waals surface area contributed by atoms with Gasteiger partial charge in [-0.3, -0.25) is 4.90 Å². The summed E-state index contributed by atoms with van der Waals surface area (Å²) < 4.78 is 0. The lowest BCUT2D eigenvalue weighted by molar-refractivity contribution is 0.0126. The zero-order valence-electron chi connectivity index (χ0n) is 12.5. The van der Waals surface area contributed by atoms with Crippen molar-refractivity contribution in [3.8, 4) is 0 Å². The van der Waals surface area contributed by atoms with Crippen molar-refractivity contribution in [1.82, 2.24) is 10.2 Å². The first-order valence-electron chi connectivity index (χ1n) is 7.63. The summed E-state index contributed by atoms with van der Waals surface area (Å²) in [7, 11) is 2.26. The highest BCUT2D eigenvalue weighted by Gasteiger charge is 2.45. The average molecular weight is 250 g/mol. The van der Waals surface area contributed by atoms with E-state index in [-0.39, 0.29) is 0 Å². The summed E-state index contributed by atoms with van der Waals surface area (Å²) in [6.45, 7) is 10.6. The molecule has 0 aromatic rings. The minimum atomic E-state index is 0.716. The smallest absolute Gasteiger partial charge is 0.0187 e.